The molecule has 0 bridgehead atoms. The highest BCUT2D eigenvalue weighted by atomic mass is 32.1. The van der Waals surface area contributed by atoms with Gasteiger partial charge in [0.15, 0.2) is 0 Å². The van der Waals surface area contributed by atoms with Crippen LogP contribution in [0.1, 0.15) is 11.1 Å². The highest BCUT2D eigenvalue weighted by molar-refractivity contribution is 7.07. The van der Waals surface area contributed by atoms with Gasteiger partial charge in [0.1, 0.15) is 5.82 Å². The zero-order valence-electron chi connectivity index (χ0n) is 9.69. The van der Waals surface area contributed by atoms with Gasteiger partial charge in [0.25, 0.3) is 0 Å². The van der Waals surface area contributed by atoms with Crippen molar-refractivity contribution in [3.05, 3.63) is 52.0 Å². The van der Waals surface area contributed by atoms with Crippen molar-refractivity contribution in [2.75, 3.05) is 11.9 Å². The van der Waals surface area contributed by atoms with Crippen LogP contribution in [0.3, 0.4) is 0 Å². The quantitative estimate of drug-likeness (QED) is 0.904. The number of hydrogen-bond donors (Lipinski definition) is 1. The highest BCUT2D eigenvalue weighted by Crippen LogP contribution is 2.20. The van der Waals surface area contributed by atoms with Crippen LogP contribution in [0.15, 0.2) is 35.0 Å². The van der Waals surface area contributed by atoms with Crippen LogP contribution in [0.2, 0.25) is 0 Å². The van der Waals surface area contributed by atoms with Crippen molar-refractivity contribution in [1.29, 1.82) is 0 Å². The Hall–Kier alpha value is -1.39. The molecule has 0 fully saturated rings. The minimum atomic E-state index is -0.236. The van der Waals surface area contributed by atoms with Crippen molar-refractivity contribution < 1.29 is 4.39 Å². The van der Waals surface area contributed by atoms with E-state index in [2.05, 4.69) is 11.4 Å². The highest BCUT2D eigenvalue weighted by Gasteiger charge is 2.05. The molecule has 2 nitrogen and oxygen atoms in total. The van der Waals surface area contributed by atoms with Crippen LogP contribution in [-0.4, -0.2) is 7.05 Å². The van der Waals surface area contributed by atoms with Crippen LogP contribution in [0.5, 0.6) is 0 Å². The fraction of sp³-hybridized carbons (Fsp3) is 0.231. The molecule has 0 amide bonds. The molecular formula is C13H15FN2S. The predicted octanol–water partition coefficient (Wildman–Crippen LogP) is 2.98. The van der Waals surface area contributed by atoms with Crippen LogP contribution < -0.4 is 10.6 Å². The maximum Gasteiger partial charge on any atom is 0.125 e. The van der Waals surface area contributed by atoms with E-state index in [-0.39, 0.29) is 5.82 Å². The van der Waals surface area contributed by atoms with Gasteiger partial charge in [0.05, 0.1) is 0 Å². The Morgan fingerprint density at radius 1 is 1.29 bits per heavy atom. The summed E-state index contributed by atoms with van der Waals surface area (Å²) in [7, 11) is 1.95. The van der Waals surface area contributed by atoms with E-state index in [0.29, 0.717) is 6.54 Å². The molecule has 90 valence electrons. The molecular weight excluding hydrogens is 235 g/mol. The average Bonchev–Trinajstić information content (AvgIpc) is 2.81. The molecule has 0 spiro atoms. The minimum absolute atomic E-state index is 0.236. The van der Waals surface area contributed by atoms with Gasteiger partial charge in [-0.2, -0.15) is 11.3 Å². The SMILES string of the molecule is CN(Cc1ccsc1)c1cc(F)cc(CN)c1. The number of nitrogens with zero attached hydrogens (tertiary/aromatic N) is 1. The van der Waals surface area contributed by atoms with Crippen molar-refractivity contribution in [2.45, 2.75) is 13.1 Å². The topological polar surface area (TPSA) is 29.3 Å². The van der Waals surface area contributed by atoms with Gasteiger partial charge in [0, 0.05) is 25.8 Å². The molecule has 0 aliphatic rings. The van der Waals surface area contributed by atoms with Gasteiger partial charge in [0.2, 0.25) is 0 Å². The number of benzene rings is 1. The molecule has 2 N–H and O–H groups in total. The molecule has 1 heterocycles. The molecule has 0 unspecified atom stereocenters. The Morgan fingerprint density at radius 3 is 2.76 bits per heavy atom. The van der Waals surface area contributed by atoms with E-state index in [1.807, 2.05) is 23.4 Å². The van der Waals surface area contributed by atoms with Crippen molar-refractivity contribution >= 4 is 17.0 Å². The smallest absolute Gasteiger partial charge is 0.125 e. The third-order valence-electron chi connectivity index (χ3n) is 2.62. The maximum atomic E-state index is 13.4. The monoisotopic (exact) mass is 250 g/mol. The number of rotatable bonds is 4. The number of halogens is 1. The number of hydrogen-bond acceptors (Lipinski definition) is 3. The van der Waals surface area contributed by atoms with E-state index in [9.17, 15) is 4.39 Å². The van der Waals surface area contributed by atoms with Gasteiger partial charge in [-0.05, 0) is 46.2 Å². The molecule has 0 radical (unpaired) electrons. The van der Waals surface area contributed by atoms with Crippen molar-refractivity contribution in [3.63, 3.8) is 0 Å². The summed E-state index contributed by atoms with van der Waals surface area (Å²) in [6.07, 6.45) is 0. The summed E-state index contributed by atoms with van der Waals surface area (Å²) in [6.45, 7) is 1.13. The first-order chi connectivity index (χ1) is 8.19. The summed E-state index contributed by atoms with van der Waals surface area (Å²) in [5, 5.41) is 4.14. The summed E-state index contributed by atoms with van der Waals surface area (Å²) in [6, 6.07) is 7.01. The fourth-order valence-corrected chi connectivity index (χ4v) is 2.38. The molecule has 0 saturated carbocycles. The van der Waals surface area contributed by atoms with E-state index in [4.69, 9.17) is 5.73 Å². The van der Waals surface area contributed by atoms with E-state index < -0.39 is 0 Å². The molecule has 0 aliphatic heterocycles. The molecule has 1 aromatic heterocycles. The van der Waals surface area contributed by atoms with E-state index in [0.717, 1.165) is 17.8 Å². The van der Waals surface area contributed by atoms with Gasteiger partial charge in [-0.25, -0.2) is 4.39 Å². The normalized spacial score (nSPS) is 10.5. The van der Waals surface area contributed by atoms with Crippen LogP contribution in [0.4, 0.5) is 10.1 Å². The summed E-state index contributed by atoms with van der Waals surface area (Å²) in [4.78, 5) is 2.02. The first kappa shape index (κ1) is 12.1. The van der Waals surface area contributed by atoms with Gasteiger partial charge < -0.3 is 10.6 Å². The Balaban J connectivity index is 2.18. The first-order valence-electron chi connectivity index (χ1n) is 5.41. The van der Waals surface area contributed by atoms with E-state index in [1.165, 1.54) is 17.7 Å². The third kappa shape index (κ3) is 3.05. The van der Waals surface area contributed by atoms with Crippen molar-refractivity contribution in [3.8, 4) is 0 Å². The minimum Gasteiger partial charge on any atom is -0.370 e. The van der Waals surface area contributed by atoms with Crippen molar-refractivity contribution in [1.82, 2.24) is 0 Å². The molecule has 1 aromatic carbocycles. The number of thiophene rings is 1. The predicted molar refractivity (Wildman–Crippen MR) is 70.7 cm³/mol. The van der Waals surface area contributed by atoms with Gasteiger partial charge in [-0.15, -0.1) is 0 Å². The Labute approximate surface area is 104 Å². The lowest BCUT2D eigenvalue weighted by molar-refractivity contribution is 0.624. The lowest BCUT2D eigenvalue weighted by Crippen LogP contribution is -2.16. The standard InChI is InChI=1S/C13H15FN2S/c1-16(8-10-2-3-17-9-10)13-5-11(7-15)4-12(14)6-13/h2-6,9H,7-8,15H2,1H3. The van der Waals surface area contributed by atoms with Crippen LogP contribution >= 0.6 is 11.3 Å². The molecule has 4 heteroatoms. The molecule has 0 atom stereocenters. The van der Waals surface area contributed by atoms with Crippen LogP contribution in [0.25, 0.3) is 0 Å². The molecule has 2 rings (SSSR count). The molecule has 0 saturated heterocycles. The van der Waals surface area contributed by atoms with Crippen LogP contribution in [0, 0.1) is 5.82 Å². The second-order valence-electron chi connectivity index (χ2n) is 4.01. The fourth-order valence-electron chi connectivity index (χ4n) is 1.72. The second kappa shape index (κ2) is 5.29. The summed E-state index contributed by atoms with van der Waals surface area (Å²) >= 11 is 1.67. The van der Waals surface area contributed by atoms with Gasteiger partial charge in [-0.1, -0.05) is 0 Å². The Bertz CT molecular complexity index is 482. The van der Waals surface area contributed by atoms with Crippen molar-refractivity contribution in [2.24, 2.45) is 5.73 Å². The van der Waals surface area contributed by atoms with Gasteiger partial charge >= 0.3 is 0 Å². The molecule has 17 heavy (non-hydrogen) atoms. The Kier molecular flexibility index (Phi) is 3.76. The zero-order chi connectivity index (χ0) is 12.3. The lowest BCUT2D eigenvalue weighted by atomic mass is 10.1. The number of nitrogens with two attached hydrogens (primary N) is 1. The largest absolute Gasteiger partial charge is 0.370 e. The first-order valence-corrected chi connectivity index (χ1v) is 6.35. The zero-order valence-corrected chi connectivity index (χ0v) is 10.5. The molecule has 0 aliphatic carbocycles. The number of anilines is 1. The second-order valence-corrected chi connectivity index (χ2v) is 4.79. The van der Waals surface area contributed by atoms with E-state index >= 15 is 0 Å². The maximum absolute atomic E-state index is 13.4. The van der Waals surface area contributed by atoms with Gasteiger partial charge in [-0.3, -0.25) is 0 Å². The molecule has 2 aromatic rings. The summed E-state index contributed by atoms with van der Waals surface area (Å²) < 4.78 is 13.4. The third-order valence-corrected chi connectivity index (χ3v) is 3.35. The van der Waals surface area contributed by atoms with E-state index in [1.54, 1.807) is 11.3 Å². The summed E-state index contributed by atoms with van der Waals surface area (Å²) in [5.74, 6) is -0.236. The van der Waals surface area contributed by atoms with Crippen LogP contribution in [-0.2, 0) is 13.1 Å². The summed E-state index contributed by atoms with van der Waals surface area (Å²) in [5.41, 5.74) is 8.45. The average molecular weight is 250 g/mol. The lowest BCUT2D eigenvalue weighted by Gasteiger charge is -2.19. The Morgan fingerprint density at radius 2 is 2.12 bits per heavy atom.